The topological polar surface area (TPSA) is 121 Å². The number of fused-ring (bicyclic) bond motifs is 1. The molecule has 2 heterocycles. The Balaban J connectivity index is 1.89. The number of nitriles is 1. The molecule has 13 heteroatoms. The van der Waals surface area contributed by atoms with Crippen LogP contribution < -0.4 is 9.04 Å². The summed E-state index contributed by atoms with van der Waals surface area (Å²) < 4.78 is 75.1. The standard InChI is InChI=1S/C28H25ClF3N3O5S/c1-27(2)9-10-35(22-7-4-3-6-20(22)27)41(38,39)24-13-18(21(29)14-23(24)40-11-5-8-26(36)37)19-16-34-25(28(30,31)32)12-17(19)15-33/h3-4,6-7,12-14,16H,5,8-11H2,1-2H3,(H,36,37). The Hall–Kier alpha value is -3.82. The number of para-hydroxylation sites is 1. The molecule has 0 fully saturated rings. The summed E-state index contributed by atoms with van der Waals surface area (Å²) in [5.74, 6) is -1.22. The third-order valence-corrected chi connectivity index (χ3v) is 8.99. The number of pyridine rings is 1. The van der Waals surface area contributed by atoms with Gasteiger partial charge in [0.25, 0.3) is 10.0 Å². The quantitative estimate of drug-likeness (QED) is 0.294. The van der Waals surface area contributed by atoms with Crippen molar-refractivity contribution in [3.05, 3.63) is 70.5 Å². The number of hydrogen-bond donors (Lipinski definition) is 1. The maximum atomic E-state index is 14.2. The molecule has 0 aliphatic carbocycles. The molecule has 8 nitrogen and oxygen atoms in total. The van der Waals surface area contributed by atoms with Crippen LogP contribution in [0, 0.1) is 11.3 Å². The van der Waals surface area contributed by atoms with E-state index in [9.17, 15) is 31.6 Å². The summed E-state index contributed by atoms with van der Waals surface area (Å²) in [5, 5.41) is 18.4. The fraction of sp³-hybridized carbons (Fsp3) is 0.321. The van der Waals surface area contributed by atoms with Gasteiger partial charge in [-0.05, 0) is 42.0 Å². The van der Waals surface area contributed by atoms with Crippen molar-refractivity contribution in [2.45, 2.75) is 49.6 Å². The maximum absolute atomic E-state index is 14.2. The van der Waals surface area contributed by atoms with E-state index in [2.05, 4.69) is 4.98 Å². The molecule has 0 atom stereocenters. The van der Waals surface area contributed by atoms with Gasteiger partial charge >= 0.3 is 12.1 Å². The first-order chi connectivity index (χ1) is 19.2. The molecule has 1 aliphatic rings. The molecule has 0 amide bonds. The largest absolute Gasteiger partial charge is 0.492 e. The summed E-state index contributed by atoms with van der Waals surface area (Å²) in [6.07, 6.45) is -3.61. The zero-order chi connectivity index (χ0) is 30.2. The minimum Gasteiger partial charge on any atom is -0.492 e. The normalized spacial score (nSPS) is 14.7. The molecule has 3 aromatic rings. The van der Waals surface area contributed by atoms with Crippen molar-refractivity contribution in [3.63, 3.8) is 0 Å². The van der Waals surface area contributed by atoms with E-state index < -0.39 is 33.4 Å². The van der Waals surface area contributed by atoms with Gasteiger partial charge in [0.2, 0.25) is 0 Å². The number of aromatic nitrogens is 1. The summed E-state index contributed by atoms with van der Waals surface area (Å²) in [4.78, 5) is 14.0. The van der Waals surface area contributed by atoms with Crippen LogP contribution in [0.1, 0.15) is 49.9 Å². The highest BCUT2D eigenvalue weighted by atomic mass is 35.5. The molecule has 1 N–H and O–H groups in total. The van der Waals surface area contributed by atoms with Crippen LogP contribution in [0.25, 0.3) is 11.1 Å². The van der Waals surface area contributed by atoms with Gasteiger partial charge in [-0.25, -0.2) is 8.42 Å². The van der Waals surface area contributed by atoms with E-state index in [1.807, 2.05) is 26.0 Å². The molecular formula is C28H25ClF3N3O5S. The third-order valence-electron chi connectivity index (χ3n) is 6.84. The summed E-state index contributed by atoms with van der Waals surface area (Å²) >= 11 is 6.47. The van der Waals surface area contributed by atoms with Crippen LogP contribution in [-0.4, -0.2) is 37.6 Å². The smallest absolute Gasteiger partial charge is 0.433 e. The number of hydrogen-bond acceptors (Lipinski definition) is 6. The Kier molecular flexibility index (Phi) is 8.25. The lowest BCUT2D eigenvalue weighted by molar-refractivity contribution is -0.141. The predicted octanol–water partition coefficient (Wildman–Crippen LogP) is 6.41. The monoisotopic (exact) mass is 607 g/mol. The molecule has 2 aromatic carbocycles. The maximum Gasteiger partial charge on any atom is 0.433 e. The summed E-state index contributed by atoms with van der Waals surface area (Å²) in [6, 6.07) is 11.7. The van der Waals surface area contributed by atoms with E-state index in [1.54, 1.807) is 18.2 Å². The molecule has 0 saturated heterocycles. The van der Waals surface area contributed by atoms with Crippen molar-refractivity contribution in [2.75, 3.05) is 17.5 Å². The van der Waals surface area contributed by atoms with Gasteiger partial charge in [-0.2, -0.15) is 18.4 Å². The lowest BCUT2D eigenvalue weighted by atomic mass is 9.78. The molecule has 0 radical (unpaired) electrons. The number of halogens is 4. The number of carboxylic acids is 1. The van der Waals surface area contributed by atoms with E-state index in [0.717, 1.165) is 17.8 Å². The number of nitrogens with zero attached hydrogens (tertiary/aromatic N) is 3. The Labute approximate surface area is 240 Å². The van der Waals surface area contributed by atoms with Crippen molar-refractivity contribution in [3.8, 4) is 22.9 Å². The Morgan fingerprint density at radius 2 is 1.93 bits per heavy atom. The van der Waals surface area contributed by atoms with Crippen LogP contribution in [0.4, 0.5) is 18.9 Å². The van der Waals surface area contributed by atoms with Gasteiger partial charge in [-0.15, -0.1) is 0 Å². The number of ether oxygens (including phenoxy) is 1. The van der Waals surface area contributed by atoms with Gasteiger partial charge in [-0.3, -0.25) is 14.1 Å². The van der Waals surface area contributed by atoms with Gasteiger partial charge in [-0.1, -0.05) is 43.6 Å². The average molecular weight is 608 g/mol. The number of benzene rings is 2. The van der Waals surface area contributed by atoms with Gasteiger partial charge in [0, 0.05) is 36.4 Å². The van der Waals surface area contributed by atoms with Crippen molar-refractivity contribution in [2.24, 2.45) is 0 Å². The van der Waals surface area contributed by atoms with Crippen LogP contribution in [0.2, 0.25) is 5.02 Å². The Morgan fingerprint density at radius 3 is 2.59 bits per heavy atom. The van der Waals surface area contributed by atoms with Crippen molar-refractivity contribution >= 4 is 33.3 Å². The van der Waals surface area contributed by atoms with Gasteiger partial charge in [0.15, 0.2) is 0 Å². The molecule has 0 unspecified atom stereocenters. The first-order valence-electron chi connectivity index (χ1n) is 12.4. The minimum absolute atomic E-state index is 0.0356. The van der Waals surface area contributed by atoms with Crippen LogP contribution in [0.5, 0.6) is 5.75 Å². The van der Waals surface area contributed by atoms with E-state index >= 15 is 0 Å². The number of rotatable bonds is 8. The van der Waals surface area contributed by atoms with Crippen LogP contribution in [0.15, 0.2) is 53.6 Å². The molecule has 1 aromatic heterocycles. The zero-order valence-corrected chi connectivity index (χ0v) is 23.6. The molecule has 0 bridgehead atoms. The fourth-order valence-electron chi connectivity index (χ4n) is 4.65. The average Bonchev–Trinajstić information content (AvgIpc) is 2.90. The minimum atomic E-state index is -4.80. The molecular weight excluding hydrogens is 583 g/mol. The summed E-state index contributed by atoms with van der Waals surface area (Å²) in [5.41, 5.74) is -0.855. The summed E-state index contributed by atoms with van der Waals surface area (Å²) in [7, 11) is -4.36. The van der Waals surface area contributed by atoms with E-state index in [0.29, 0.717) is 18.2 Å². The first-order valence-corrected chi connectivity index (χ1v) is 14.3. The fourth-order valence-corrected chi connectivity index (χ4v) is 6.53. The van der Waals surface area contributed by atoms with Gasteiger partial charge in [0.1, 0.15) is 16.3 Å². The van der Waals surface area contributed by atoms with Gasteiger partial charge < -0.3 is 9.84 Å². The number of carbonyl (C=O) groups is 1. The summed E-state index contributed by atoms with van der Waals surface area (Å²) in [6.45, 7) is 4.01. The molecule has 1 aliphatic heterocycles. The predicted molar refractivity (Wildman–Crippen MR) is 145 cm³/mol. The number of sulfonamides is 1. The second kappa shape index (κ2) is 11.2. The molecule has 41 heavy (non-hydrogen) atoms. The molecule has 0 spiro atoms. The van der Waals surface area contributed by atoms with Gasteiger partial charge in [0.05, 0.1) is 28.9 Å². The van der Waals surface area contributed by atoms with Crippen molar-refractivity contribution in [1.29, 1.82) is 5.26 Å². The highest BCUT2D eigenvalue weighted by Gasteiger charge is 2.39. The third kappa shape index (κ3) is 6.11. The lowest BCUT2D eigenvalue weighted by Crippen LogP contribution is -2.41. The van der Waals surface area contributed by atoms with Crippen molar-refractivity contribution < 1.29 is 36.2 Å². The number of alkyl halides is 3. The van der Waals surface area contributed by atoms with E-state index in [-0.39, 0.29) is 58.2 Å². The second-order valence-electron chi connectivity index (χ2n) is 10.1. The highest BCUT2D eigenvalue weighted by molar-refractivity contribution is 7.93. The lowest BCUT2D eigenvalue weighted by Gasteiger charge is -2.39. The highest BCUT2D eigenvalue weighted by Crippen LogP contribution is 2.45. The van der Waals surface area contributed by atoms with Crippen LogP contribution >= 0.6 is 11.6 Å². The van der Waals surface area contributed by atoms with Crippen molar-refractivity contribution in [1.82, 2.24) is 4.98 Å². The van der Waals surface area contributed by atoms with E-state index in [1.165, 1.54) is 10.4 Å². The number of anilines is 1. The second-order valence-corrected chi connectivity index (χ2v) is 12.3. The molecule has 0 saturated carbocycles. The Bertz CT molecular complexity index is 1650. The zero-order valence-electron chi connectivity index (χ0n) is 22.0. The van der Waals surface area contributed by atoms with Crippen LogP contribution in [0.3, 0.4) is 0 Å². The van der Waals surface area contributed by atoms with E-state index in [4.69, 9.17) is 21.4 Å². The number of aliphatic carboxylic acids is 1. The number of carboxylic acid groups (broad SMARTS) is 1. The molecule has 4 rings (SSSR count). The first kappa shape index (κ1) is 30.1. The molecule has 216 valence electrons. The SMILES string of the molecule is CC1(C)CCN(S(=O)(=O)c2cc(-c3cnc(C(F)(F)F)cc3C#N)c(Cl)cc2OCCCC(=O)O)c2ccccc21. The Morgan fingerprint density at radius 1 is 1.22 bits per heavy atom. The van der Waals surface area contributed by atoms with Crippen LogP contribution in [-0.2, 0) is 26.4 Å².